The Morgan fingerprint density at radius 2 is 1.93 bits per heavy atom. The van der Waals surface area contributed by atoms with Crippen molar-refractivity contribution in [3.8, 4) is 0 Å². The van der Waals surface area contributed by atoms with Gasteiger partial charge in [0.05, 0.1) is 5.69 Å². The van der Waals surface area contributed by atoms with Crippen LogP contribution in [0.5, 0.6) is 0 Å². The van der Waals surface area contributed by atoms with Gasteiger partial charge in [0.1, 0.15) is 5.82 Å². The van der Waals surface area contributed by atoms with E-state index < -0.39 is 0 Å². The number of anilines is 1. The third-order valence-corrected chi connectivity index (χ3v) is 5.44. The van der Waals surface area contributed by atoms with Gasteiger partial charge in [-0.05, 0) is 32.8 Å². The van der Waals surface area contributed by atoms with E-state index in [-0.39, 0.29) is 5.91 Å². The molecular weight excluding hydrogens is 340 g/mol. The first-order chi connectivity index (χ1) is 13.0. The highest BCUT2D eigenvalue weighted by Crippen LogP contribution is 2.28. The van der Waals surface area contributed by atoms with E-state index in [4.69, 9.17) is 4.98 Å². The lowest BCUT2D eigenvalue weighted by molar-refractivity contribution is -0.129. The van der Waals surface area contributed by atoms with Crippen molar-refractivity contribution in [1.82, 2.24) is 24.8 Å². The Morgan fingerprint density at radius 3 is 2.67 bits per heavy atom. The number of aromatic nitrogens is 4. The van der Waals surface area contributed by atoms with Gasteiger partial charge in [-0.2, -0.15) is 0 Å². The molecule has 2 aromatic rings. The number of rotatable bonds is 2. The third-order valence-electron chi connectivity index (χ3n) is 5.44. The summed E-state index contributed by atoms with van der Waals surface area (Å²) in [5, 5.41) is 0. The highest BCUT2D eigenvalue weighted by Gasteiger charge is 2.27. The summed E-state index contributed by atoms with van der Waals surface area (Å²) >= 11 is 0. The van der Waals surface area contributed by atoms with Gasteiger partial charge in [0.25, 0.3) is 0 Å². The number of hydrogen-bond donors (Lipinski definition) is 0. The van der Waals surface area contributed by atoms with Gasteiger partial charge in [-0.3, -0.25) is 4.79 Å². The zero-order chi connectivity index (χ0) is 19.0. The average Bonchev–Trinajstić information content (AvgIpc) is 2.66. The highest BCUT2D eigenvalue weighted by atomic mass is 16.2. The number of carbonyl (C=O) groups is 1. The summed E-state index contributed by atoms with van der Waals surface area (Å²) < 4.78 is 0. The van der Waals surface area contributed by atoms with Crippen molar-refractivity contribution in [3.63, 3.8) is 0 Å². The van der Waals surface area contributed by atoms with Crippen LogP contribution in [0.1, 0.15) is 54.2 Å². The molecule has 27 heavy (non-hydrogen) atoms. The Kier molecular flexibility index (Phi) is 4.76. The fraction of sp³-hybridized carbons (Fsp3) is 0.550. The van der Waals surface area contributed by atoms with Gasteiger partial charge in [-0.1, -0.05) is 0 Å². The van der Waals surface area contributed by atoms with Crippen LogP contribution >= 0.6 is 0 Å². The molecule has 4 rings (SSSR count). The van der Waals surface area contributed by atoms with Crippen molar-refractivity contribution >= 4 is 11.9 Å². The second kappa shape index (κ2) is 7.21. The first-order valence-corrected chi connectivity index (χ1v) is 9.67. The van der Waals surface area contributed by atoms with Crippen molar-refractivity contribution in [3.05, 3.63) is 40.7 Å². The molecule has 0 aromatic carbocycles. The van der Waals surface area contributed by atoms with Crippen LogP contribution < -0.4 is 4.90 Å². The Bertz CT molecular complexity index is 847. The van der Waals surface area contributed by atoms with E-state index in [0.29, 0.717) is 12.5 Å². The van der Waals surface area contributed by atoms with E-state index in [1.807, 2.05) is 31.0 Å². The molecule has 7 heteroatoms. The number of carbonyl (C=O) groups excluding carboxylic acids is 1. The third kappa shape index (κ3) is 3.77. The molecule has 1 atom stereocenters. The number of fused-ring (bicyclic) bond motifs is 1. The lowest BCUT2D eigenvalue weighted by atomic mass is 9.96. The number of nitrogens with zero attached hydrogens (tertiary/aromatic N) is 6. The van der Waals surface area contributed by atoms with E-state index >= 15 is 0 Å². The second-order valence-corrected chi connectivity index (χ2v) is 7.63. The zero-order valence-corrected chi connectivity index (χ0v) is 16.3. The summed E-state index contributed by atoms with van der Waals surface area (Å²) in [5.74, 6) is 2.13. The summed E-state index contributed by atoms with van der Waals surface area (Å²) in [6.45, 7) is 8.82. The molecular formula is C20H26N6O. The number of aryl methyl sites for hydroxylation is 2. The van der Waals surface area contributed by atoms with Gasteiger partial charge < -0.3 is 9.80 Å². The van der Waals surface area contributed by atoms with Crippen LogP contribution in [0.4, 0.5) is 5.95 Å². The van der Waals surface area contributed by atoms with E-state index in [2.05, 4.69) is 19.9 Å². The SMILES string of the molecule is CC(=O)N1CCc2nc(C3CCCN(c4nc(C)cc(C)n4)C3)ncc2C1. The Labute approximate surface area is 159 Å². The zero-order valence-electron chi connectivity index (χ0n) is 16.3. The molecule has 1 unspecified atom stereocenters. The van der Waals surface area contributed by atoms with Crippen molar-refractivity contribution in [2.45, 2.75) is 52.5 Å². The molecule has 2 aliphatic heterocycles. The first-order valence-electron chi connectivity index (χ1n) is 9.67. The van der Waals surface area contributed by atoms with Crippen molar-refractivity contribution in [1.29, 1.82) is 0 Å². The number of amides is 1. The summed E-state index contributed by atoms with van der Waals surface area (Å²) in [6.07, 6.45) is 4.89. The van der Waals surface area contributed by atoms with E-state index in [0.717, 1.165) is 73.3 Å². The van der Waals surface area contributed by atoms with Crippen molar-refractivity contribution in [2.24, 2.45) is 0 Å². The second-order valence-electron chi connectivity index (χ2n) is 7.63. The summed E-state index contributed by atoms with van der Waals surface area (Å²) in [6, 6.07) is 2.00. The summed E-state index contributed by atoms with van der Waals surface area (Å²) in [4.78, 5) is 34.5. The van der Waals surface area contributed by atoms with E-state index in [1.165, 1.54) is 0 Å². The molecule has 1 fully saturated rings. The van der Waals surface area contributed by atoms with Gasteiger partial charge in [0.15, 0.2) is 0 Å². The van der Waals surface area contributed by atoms with Gasteiger partial charge in [0, 0.05) is 68.6 Å². The molecule has 1 amide bonds. The molecule has 0 bridgehead atoms. The minimum atomic E-state index is 0.112. The van der Waals surface area contributed by atoms with Crippen LogP contribution in [-0.4, -0.2) is 50.4 Å². The Balaban J connectivity index is 1.53. The average molecular weight is 366 g/mol. The van der Waals surface area contributed by atoms with Crippen LogP contribution in [0.3, 0.4) is 0 Å². The molecule has 0 N–H and O–H groups in total. The van der Waals surface area contributed by atoms with E-state index in [9.17, 15) is 4.79 Å². The molecule has 142 valence electrons. The van der Waals surface area contributed by atoms with Gasteiger partial charge in [-0.15, -0.1) is 0 Å². The highest BCUT2D eigenvalue weighted by molar-refractivity contribution is 5.73. The van der Waals surface area contributed by atoms with Crippen LogP contribution in [-0.2, 0) is 17.8 Å². The van der Waals surface area contributed by atoms with Crippen LogP contribution in [0.25, 0.3) is 0 Å². The fourth-order valence-corrected chi connectivity index (χ4v) is 4.02. The van der Waals surface area contributed by atoms with Crippen molar-refractivity contribution < 1.29 is 4.79 Å². The molecule has 0 radical (unpaired) electrons. The minimum Gasteiger partial charge on any atom is -0.340 e. The fourth-order valence-electron chi connectivity index (χ4n) is 4.02. The predicted octanol–water partition coefficient (Wildman–Crippen LogP) is 2.17. The molecule has 2 aromatic heterocycles. The maximum absolute atomic E-state index is 11.6. The summed E-state index contributed by atoms with van der Waals surface area (Å²) in [5.41, 5.74) is 4.17. The number of hydrogen-bond acceptors (Lipinski definition) is 6. The molecule has 0 saturated carbocycles. The largest absolute Gasteiger partial charge is 0.340 e. The normalized spacial score (nSPS) is 19.7. The molecule has 2 aliphatic rings. The smallest absolute Gasteiger partial charge is 0.225 e. The number of piperidine rings is 1. The lowest BCUT2D eigenvalue weighted by Gasteiger charge is -2.33. The molecule has 0 aliphatic carbocycles. The molecule has 1 saturated heterocycles. The van der Waals surface area contributed by atoms with Gasteiger partial charge in [-0.25, -0.2) is 19.9 Å². The Morgan fingerprint density at radius 1 is 1.15 bits per heavy atom. The monoisotopic (exact) mass is 366 g/mol. The first kappa shape index (κ1) is 17.8. The van der Waals surface area contributed by atoms with Crippen LogP contribution in [0.2, 0.25) is 0 Å². The quantitative estimate of drug-likeness (QED) is 0.811. The molecule has 0 spiro atoms. The van der Waals surface area contributed by atoms with Gasteiger partial charge in [0.2, 0.25) is 11.9 Å². The summed E-state index contributed by atoms with van der Waals surface area (Å²) in [7, 11) is 0. The van der Waals surface area contributed by atoms with Crippen LogP contribution in [0, 0.1) is 13.8 Å². The topological polar surface area (TPSA) is 75.1 Å². The maximum Gasteiger partial charge on any atom is 0.225 e. The van der Waals surface area contributed by atoms with Gasteiger partial charge >= 0.3 is 0 Å². The Hall–Kier alpha value is -2.57. The molecule has 4 heterocycles. The van der Waals surface area contributed by atoms with Crippen LogP contribution in [0.15, 0.2) is 12.3 Å². The van der Waals surface area contributed by atoms with E-state index in [1.54, 1.807) is 6.92 Å². The standard InChI is InChI=1S/C20H26N6O/c1-13-9-14(2)23-20(22-13)26-7-4-5-16(11-26)19-21-10-17-12-25(15(3)27)8-6-18(17)24-19/h9-10,16H,4-8,11-12H2,1-3H3. The minimum absolute atomic E-state index is 0.112. The maximum atomic E-state index is 11.6. The lowest BCUT2D eigenvalue weighted by Crippen LogP contribution is -2.37. The van der Waals surface area contributed by atoms with Crippen molar-refractivity contribution in [2.75, 3.05) is 24.5 Å². The molecule has 7 nitrogen and oxygen atoms in total. The predicted molar refractivity (Wildman–Crippen MR) is 103 cm³/mol.